The van der Waals surface area contributed by atoms with Gasteiger partial charge in [-0.3, -0.25) is 19.0 Å². The van der Waals surface area contributed by atoms with Gasteiger partial charge < -0.3 is 15.5 Å². The Balaban J connectivity index is 2.18. The van der Waals surface area contributed by atoms with Crippen LogP contribution < -0.4 is 10.9 Å². The Morgan fingerprint density at radius 2 is 1.88 bits per heavy atom. The van der Waals surface area contributed by atoms with Crippen LogP contribution in [0.4, 0.5) is 0 Å². The molecule has 0 aliphatic heterocycles. The topological polar surface area (TPSA) is 134 Å². The highest BCUT2D eigenvalue weighted by Gasteiger charge is 2.23. The predicted octanol–water partition coefficient (Wildman–Crippen LogP) is 0.360. The van der Waals surface area contributed by atoms with Crippen molar-refractivity contribution in [2.24, 2.45) is 0 Å². The van der Waals surface area contributed by atoms with Crippen molar-refractivity contribution in [1.82, 2.24) is 20.1 Å². The summed E-state index contributed by atoms with van der Waals surface area (Å²) in [6.45, 7) is -0.572. The van der Waals surface area contributed by atoms with Gasteiger partial charge in [-0.05, 0) is 11.6 Å². The molecule has 3 aromatic rings. The molecule has 0 saturated heterocycles. The van der Waals surface area contributed by atoms with Crippen molar-refractivity contribution in [2.75, 3.05) is 6.54 Å². The van der Waals surface area contributed by atoms with Gasteiger partial charge in [0.2, 0.25) is 0 Å². The third kappa shape index (κ3) is 3.22. The molecule has 0 bridgehead atoms. The lowest BCUT2D eigenvalue weighted by Crippen LogP contribution is -2.36. The highest BCUT2D eigenvalue weighted by atomic mass is 16.4. The molecule has 0 spiro atoms. The van der Waals surface area contributed by atoms with Crippen LogP contribution in [0, 0.1) is 0 Å². The molecule has 9 nitrogen and oxygen atoms in total. The minimum Gasteiger partial charge on any atom is -0.506 e. The Bertz CT molecular complexity index is 1050. The van der Waals surface area contributed by atoms with E-state index in [0.717, 1.165) is 5.56 Å². The third-order valence-electron chi connectivity index (χ3n) is 3.72. The number of rotatable bonds is 5. The number of carboxylic acid groups (broad SMARTS) is 1. The normalized spacial score (nSPS) is 10.6. The molecular weight excluding hydrogens is 340 g/mol. The maximum absolute atomic E-state index is 12.8. The maximum atomic E-state index is 12.8. The average Bonchev–Trinajstić information content (AvgIpc) is 2.64. The number of pyridine rings is 1. The molecule has 1 amide bonds. The number of aliphatic carboxylic acids is 1. The summed E-state index contributed by atoms with van der Waals surface area (Å²) in [6, 6.07) is 10.4. The molecule has 132 valence electrons. The molecule has 0 aliphatic carbocycles. The van der Waals surface area contributed by atoms with Crippen LogP contribution in [0.3, 0.4) is 0 Å². The molecule has 26 heavy (non-hydrogen) atoms. The zero-order valence-corrected chi connectivity index (χ0v) is 13.4. The molecular formula is C17H14N4O5. The van der Waals surface area contributed by atoms with Crippen molar-refractivity contribution in [2.45, 2.75) is 6.54 Å². The second-order valence-electron chi connectivity index (χ2n) is 5.45. The zero-order valence-electron chi connectivity index (χ0n) is 13.4. The third-order valence-corrected chi connectivity index (χ3v) is 3.72. The van der Waals surface area contributed by atoms with Crippen LogP contribution >= 0.6 is 0 Å². The van der Waals surface area contributed by atoms with E-state index in [1.165, 1.54) is 16.8 Å². The summed E-state index contributed by atoms with van der Waals surface area (Å²) >= 11 is 0. The molecule has 0 aliphatic rings. The molecule has 0 atom stereocenters. The smallest absolute Gasteiger partial charge is 0.322 e. The van der Waals surface area contributed by atoms with Crippen LogP contribution in [0.2, 0.25) is 0 Å². The van der Waals surface area contributed by atoms with Gasteiger partial charge in [0.15, 0.2) is 5.65 Å². The molecule has 2 heterocycles. The summed E-state index contributed by atoms with van der Waals surface area (Å²) < 4.78 is 1.22. The van der Waals surface area contributed by atoms with Crippen molar-refractivity contribution in [3.8, 4) is 5.75 Å². The molecule has 0 unspecified atom stereocenters. The van der Waals surface area contributed by atoms with Gasteiger partial charge in [-0.2, -0.15) is 5.10 Å². The molecule has 0 radical (unpaired) electrons. The summed E-state index contributed by atoms with van der Waals surface area (Å²) in [7, 11) is 0. The van der Waals surface area contributed by atoms with Crippen LogP contribution in [0.15, 0.2) is 47.4 Å². The van der Waals surface area contributed by atoms with Gasteiger partial charge in [-0.15, -0.1) is 5.10 Å². The van der Waals surface area contributed by atoms with Crippen LogP contribution in [-0.2, 0) is 11.3 Å². The number of carbonyl (C=O) groups excluding carboxylic acids is 1. The molecule has 2 aromatic heterocycles. The highest BCUT2D eigenvalue weighted by Crippen LogP contribution is 2.24. The van der Waals surface area contributed by atoms with E-state index in [9.17, 15) is 19.5 Å². The maximum Gasteiger partial charge on any atom is 0.322 e. The number of hydrogen-bond acceptors (Lipinski definition) is 6. The van der Waals surface area contributed by atoms with Gasteiger partial charge in [0, 0.05) is 0 Å². The fourth-order valence-electron chi connectivity index (χ4n) is 2.54. The Morgan fingerprint density at radius 3 is 2.58 bits per heavy atom. The van der Waals surface area contributed by atoms with Gasteiger partial charge in [0.05, 0.1) is 18.1 Å². The van der Waals surface area contributed by atoms with Gasteiger partial charge in [-0.1, -0.05) is 30.3 Å². The monoisotopic (exact) mass is 354 g/mol. The molecule has 0 fully saturated rings. The van der Waals surface area contributed by atoms with E-state index in [2.05, 4.69) is 15.5 Å². The Morgan fingerprint density at radius 1 is 1.15 bits per heavy atom. The first-order valence-electron chi connectivity index (χ1n) is 7.60. The summed E-state index contributed by atoms with van der Waals surface area (Å²) in [5.41, 5.74) is -0.428. The molecule has 3 rings (SSSR count). The number of carboxylic acids is 1. The Hall–Kier alpha value is -3.75. The number of fused-ring (bicyclic) bond motifs is 1. The van der Waals surface area contributed by atoms with Crippen LogP contribution in [-0.4, -0.2) is 43.4 Å². The lowest BCUT2D eigenvalue weighted by atomic mass is 10.1. The van der Waals surface area contributed by atoms with E-state index in [4.69, 9.17) is 5.11 Å². The largest absolute Gasteiger partial charge is 0.506 e. The van der Waals surface area contributed by atoms with Gasteiger partial charge >= 0.3 is 5.97 Å². The Labute approximate surface area is 146 Å². The summed E-state index contributed by atoms with van der Waals surface area (Å²) in [4.78, 5) is 35.7. The zero-order chi connectivity index (χ0) is 18.7. The Kier molecular flexibility index (Phi) is 4.61. The van der Waals surface area contributed by atoms with Gasteiger partial charge in [-0.25, -0.2) is 0 Å². The van der Waals surface area contributed by atoms with Crippen LogP contribution in [0.25, 0.3) is 11.0 Å². The van der Waals surface area contributed by atoms with E-state index in [1.54, 1.807) is 24.3 Å². The number of hydrogen-bond donors (Lipinski definition) is 3. The van der Waals surface area contributed by atoms with Crippen molar-refractivity contribution in [3.63, 3.8) is 0 Å². The standard InChI is InChI=1S/C17H14N4O5/c22-12(23)8-18-16(25)13-14(24)11-6-7-19-20-15(11)21(17(13)26)9-10-4-2-1-3-5-10/h1-7,24H,8-9H2,(H,18,25)(H,22,23). The predicted molar refractivity (Wildman–Crippen MR) is 91.0 cm³/mol. The van der Waals surface area contributed by atoms with Crippen molar-refractivity contribution >= 4 is 22.9 Å². The van der Waals surface area contributed by atoms with Crippen molar-refractivity contribution < 1.29 is 19.8 Å². The number of amides is 1. The summed E-state index contributed by atoms with van der Waals surface area (Å²) in [6.07, 6.45) is 1.32. The first-order chi connectivity index (χ1) is 12.5. The van der Waals surface area contributed by atoms with E-state index in [0.29, 0.717) is 0 Å². The van der Waals surface area contributed by atoms with Crippen LogP contribution in [0.5, 0.6) is 5.75 Å². The first-order valence-corrected chi connectivity index (χ1v) is 7.60. The number of aromatic hydroxyl groups is 1. The highest BCUT2D eigenvalue weighted by molar-refractivity contribution is 6.02. The fourth-order valence-corrected chi connectivity index (χ4v) is 2.54. The van der Waals surface area contributed by atoms with Gasteiger partial charge in [0.25, 0.3) is 11.5 Å². The summed E-state index contributed by atoms with van der Waals surface area (Å²) in [5.74, 6) is -2.81. The quantitative estimate of drug-likeness (QED) is 0.602. The molecule has 3 N–H and O–H groups in total. The number of nitrogens with zero attached hydrogens (tertiary/aromatic N) is 3. The second kappa shape index (κ2) is 7.01. The van der Waals surface area contributed by atoms with E-state index in [-0.39, 0.29) is 17.6 Å². The fraction of sp³-hybridized carbons (Fsp3) is 0.118. The summed E-state index contributed by atoms with van der Waals surface area (Å²) in [5, 5.41) is 28.9. The van der Waals surface area contributed by atoms with Crippen LogP contribution in [0.1, 0.15) is 15.9 Å². The lowest BCUT2D eigenvalue weighted by molar-refractivity contribution is -0.135. The number of aromatic nitrogens is 3. The van der Waals surface area contributed by atoms with Crippen molar-refractivity contribution in [1.29, 1.82) is 0 Å². The number of nitrogens with one attached hydrogen (secondary N) is 1. The molecule has 0 saturated carbocycles. The van der Waals surface area contributed by atoms with Crippen molar-refractivity contribution in [3.05, 3.63) is 64.1 Å². The SMILES string of the molecule is O=C(O)CNC(=O)c1c(O)c2ccnnc2n(Cc2ccccc2)c1=O. The minimum absolute atomic E-state index is 0.106. The average molecular weight is 354 g/mol. The van der Waals surface area contributed by atoms with Gasteiger partial charge in [0.1, 0.15) is 17.9 Å². The number of carbonyl (C=O) groups is 2. The minimum atomic E-state index is -1.27. The lowest BCUT2D eigenvalue weighted by Gasteiger charge is -2.13. The van der Waals surface area contributed by atoms with E-state index in [1.807, 2.05) is 6.07 Å². The number of benzene rings is 1. The second-order valence-corrected chi connectivity index (χ2v) is 5.45. The molecule has 9 heteroatoms. The first kappa shape index (κ1) is 17.1. The van der Waals surface area contributed by atoms with E-state index < -0.39 is 35.3 Å². The molecule has 1 aromatic carbocycles. The van der Waals surface area contributed by atoms with E-state index >= 15 is 0 Å².